The lowest BCUT2D eigenvalue weighted by Gasteiger charge is -2.08. The SMILES string of the molecule is COc1ccc(-c2csc(-c3ccc(CNC(=O)c4cc(F)ccc4F)cc3)n2)cc1OC. The summed E-state index contributed by atoms with van der Waals surface area (Å²) in [6.07, 6.45) is 0. The van der Waals surface area contributed by atoms with Crippen molar-refractivity contribution in [3.05, 3.63) is 88.8 Å². The van der Waals surface area contributed by atoms with Gasteiger partial charge in [-0.25, -0.2) is 13.8 Å². The third-order valence-corrected chi connectivity index (χ3v) is 5.90. The van der Waals surface area contributed by atoms with Gasteiger partial charge in [0.25, 0.3) is 5.91 Å². The fourth-order valence-corrected chi connectivity index (χ4v) is 4.08. The van der Waals surface area contributed by atoms with E-state index in [-0.39, 0.29) is 12.1 Å². The predicted octanol–water partition coefficient (Wildman–Crippen LogP) is 5.70. The van der Waals surface area contributed by atoms with Gasteiger partial charge in [0, 0.05) is 23.1 Å². The van der Waals surface area contributed by atoms with Crippen molar-refractivity contribution in [2.45, 2.75) is 6.54 Å². The number of hydrogen-bond donors (Lipinski definition) is 1. The number of hydrogen-bond acceptors (Lipinski definition) is 5. The number of rotatable bonds is 7. The van der Waals surface area contributed by atoms with E-state index < -0.39 is 17.5 Å². The van der Waals surface area contributed by atoms with Crippen molar-refractivity contribution in [2.24, 2.45) is 0 Å². The summed E-state index contributed by atoms with van der Waals surface area (Å²) in [5.41, 5.74) is 3.17. The summed E-state index contributed by atoms with van der Waals surface area (Å²) in [4.78, 5) is 16.9. The van der Waals surface area contributed by atoms with Gasteiger partial charge in [-0.3, -0.25) is 4.79 Å². The number of carbonyl (C=O) groups is 1. The molecule has 0 aliphatic rings. The number of ether oxygens (including phenoxy) is 2. The Kier molecular flexibility index (Phi) is 6.65. The second-order valence-electron chi connectivity index (χ2n) is 7.11. The Morgan fingerprint density at radius 1 is 0.939 bits per heavy atom. The second-order valence-corrected chi connectivity index (χ2v) is 7.97. The molecule has 0 spiro atoms. The highest BCUT2D eigenvalue weighted by molar-refractivity contribution is 7.13. The first-order valence-corrected chi connectivity index (χ1v) is 10.9. The Labute approximate surface area is 193 Å². The molecule has 0 atom stereocenters. The topological polar surface area (TPSA) is 60.5 Å². The van der Waals surface area contributed by atoms with Gasteiger partial charge in [0.05, 0.1) is 25.5 Å². The molecule has 4 aromatic rings. The number of amides is 1. The number of methoxy groups -OCH3 is 2. The molecule has 8 heteroatoms. The predicted molar refractivity (Wildman–Crippen MR) is 124 cm³/mol. The lowest BCUT2D eigenvalue weighted by Crippen LogP contribution is -2.24. The Morgan fingerprint density at radius 3 is 2.39 bits per heavy atom. The number of nitrogens with zero attached hydrogens (tertiary/aromatic N) is 1. The number of aromatic nitrogens is 1. The van der Waals surface area contributed by atoms with Crippen molar-refractivity contribution < 1.29 is 23.0 Å². The molecule has 0 saturated heterocycles. The van der Waals surface area contributed by atoms with Gasteiger partial charge in [0.1, 0.15) is 16.6 Å². The van der Waals surface area contributed by atoms with E-state index in [2.05, 4.69) is 5.32 Å². The summed E-state index contributed by atoms with van der Waals surface area (Å²) >= 11 is 1.52. The van der Waals surface area contributed by atoms with Crippen LogP contribution in [0.4, 0.5) is 8.78 Å². The number of halogens is 2. The van der Waals surface area contributed by atoms with Gasteiger partial charge in [-0.1, -0.05) is 24.3 Å². The van der Waals surface area contributed by atoms with Crippen LogP contribution in [-0.2, 0) is 6.54 Å². The summed E-state index contributed by atoms with van der Waals surface area (Å²) < 4.78 is 37.7. The minimum absolute atomic E-state index is 0.184. The lowest BCUT2D eigenvalue weighted by atomic mass is 10.1. The standard InChI is InChI=1S/C25H20F2N2O3S/c1-31-22-10-7-17(11-23(22)32-2)21-14-33-25(29-21)16-5-3-15(4-6-16)13-28-24(30)19-12-18(26)8-9-20(19)27/h3-12,14H,13H2,1-2H3,(H,28,30). The van der Waals surface area contributed by atoms with E-state index in [1.807, 2.05) is 47.8 Å². The van der Waals surface area contributed by atoms with Crippen molar-refractivity contribution in [3.8, 4) is 33.3 Å². The smallest absolute Gasteiger partial charge is 0.254 e. The average Bonchev–Trinajstić information content (AvgIpc) is 3.34. The zero-order valence-electron chi connectivity index (χ0n) is 17.9. The number of carbonyl (C=O) groups excluding carboxylic acids is 1. The van der Waals surface area contributed by atoms with E-state index >= 15 is 0 Å². The molecule has 0 unspecified atom stereocenters. The minimum Gasteiger partial charge on any atom is -0.493 e. The highest BCUT2D eigenvalue weighted by Crippen LogP contribution is 2.34. The van der Waals surface area contributed by atoms with Crippen molar-refractivity contribution in [1.29, 1.82) is 0 Å². The Bertz CT molecular complexity index is 1290. The van der Waals surface area contributed by atoms with Crippen LogP contribution in [0, 0.1) is 11.6 Å². The van der Waals surface area contributed by atoms with Crippen LogP contribution < -0.4 is 14.8 Å². The van der Waals surface area contributed by atoms with Gasteiger partial charge in [0.2, 0.25) is 0 Å². The molecule has 168 valence electrons. The van der Waals surface area contributed by atoms with Crippen molar-refractivity contribution in [3.63, 3.8) is 0 Å². The monoisotopic (exact) mass is 466 g/mol. The van der Waals surface area contributed by atoms with Crippen LogP contribution >= 0.6 is 11.3 Å². The van der Waals surface area contributed by atoms with Crippen LogP contribution in [0.2, 0.25) is 0 Å². The molecular formula is C25H20F2N2O3S. The first-order chi connectivity index (χ1) is 16.0. The Hall–Kier alpha value is -3.78. The van der Waals surface area contributed by atoms with Gasteiger partial charge >= 0.3 is 0 Å². The van der Waals surface area contributed by atoms with Gasteiger partial charge < -0.3 is 14.8 Å². The molecule has 0 fully saturated rings. The normalized spacial score (nSPS) is 10.7. The first-order valence-electron chi connectivity index (χ1n) is 9.99. The summed E-state index contributed by atoms with van der Waals surface area (Å²) in [5.74, 6) is -0.815. The highest BCUT2D eigenvalue weighted by Gasteiger charge is 2.13. The Morgan fingerprint density at radius 2 is 1.67 bits per heavy atom. The van der Waals surface area contributed by atoms with Crippen molar-refractivity contribution in [1.82, 2.24) is 10.3 Å². The Balaban J connectivity index is 1.44. The molecule has 0 aliphatic heterocycles. The number of thiazole rings is 1. The molecule has 4 rings (SSSR count). The van der Waals surface area contributed by atoms with Gasteiger partial charge in [-0.2, -0.15) is 0 Å². The molecule has 0 bridgehead atoms. The molecule has 0 radical (unpaired) electrons. The molecule has 0 saturated carbocycles. The molecule has 1 amide bonds. The third kappa shape index (κ3) is 5.01. The molecule has 5 nitrogen and oxygen atoms in total. The van der Waals surface area contributed by atoms with Crippen LogP contribution in [0.1, 0.15) is 15.9 Å². The maximum absolute atomic E-state index is 13.7. The van der Waals surface area contributed by atoms with Crippen molar-refractivity contribution >= 4 is 17.2 Å². The van der Waals surface area contributed by atoms with E-state index in [4.69, 9.17) is 14.5 Å². The maximum Gasteiger partial charge on any atom is 0.254 e. The molecule has 1 N–H and O–H groups in total. The summed E-state index contributed by atoms with van der Waals surface area (Å²) in [5, 5.41) is 5.42. The summed E-state index contributed by atoms with van der Waals surface area (Å²) in [6.45, 7) is 0.184. The van der Waals surface area contributed by atoms with Crippen LogP contribution in [0.25, 0.3) is 21.8 Å². The van der Waals surface area contributed by atoms with E-state index in [0.717, 1.165) is 45.6 Å². The van der Waals surface area contributed by atoms with Crippen LogP contribution in [0.3, 0.4) is 0 Å². The average molecular weight is 467 g/mol. The fourth-order valence-electron chi connectivity index (χ4n) is 3.25. The maximum atomic E-state index is 13.7. The minimum atomic E-state index is -0.765. The summed E-state index contributed by atoms with van der Waals surface area (Å²) in [6, 6.07) is 16.0. The highest BCUT2D eigenvalue weighted by atomic mass is 32.1. The van der Waals surface area contributed by atoms with Crippen LogP contribution in [0.5, 0.6) is 11.5 Å². The third-order valence-electron chi connectivity index (χ3n) is 5.01. The quantitative estimate of drug-likeness (QED) is 0.379. The van der Waals surface area contributed by atoms with Crippen LogP contribution in [-0.4, -0.2) is 25.1 Å². The molecule has 1 heterocycles. The fraction of sp³-hybridized carbons (Fsp3) is 0.120. The van der Waals surface area contributed by atoms with Crippen LogP contribution in [0.15, 0.2) is 66.0 Å². The van der Waals surface area contributed by atoms with Gasteiger partial charge in [-0.15, -0.1) is 11.3 Å². The zero-order chi connectivity index (χ0) is 23.4. The summed E-state index contributed by atoms with van der Waals surface area (Å²) in [7, 11) is 3.18. The zero-order valence-corrected chi connectivity index (χ0v) is 18.7. The van der Waals surface area contributed by atoms with E-state index in [0.29, 0.717) is 11.5 Å². The molecule has 0 aliphatic carbocycles. The first kappa shape index (κ1) is 22.4. The molecule has 33 heavy (non-hydrogen) atoms. The van der Waals surface area contributed by atoms with Gasteiger partial charge in [0.15, 0.2) is 11.5 Å². The lowest BCUT2D eigenvalue weighted by molar-refractivity contribution is 0.0946. The van der Waals surface area contributed by atoms with Gasteiger partial charge in [-0.05, 0) is 42.0 Å². The largest absolute Gasteiger partial charge is 0.493 e. The van der Waals surface area contributed by atoms with E-state index in [9.17, 15) is 13.6 Å². The van der Waals surface area contributed by atoms with E-state index in [1.165, 1.54) is 11.3 Å². The molecule has 3 aromatic carbocycles. The number of benzene rings is 3. The molecule has 1 aromatic heterocycles. The van der Waals surface area contributed by atoms with Crippen molar-refractivity contribution in [2.75, 3.05) is 14.2 Å². The van der Waals surface area contributed by atoms with E-state index in [1.54, 1.807) is 14.2 Å². The molecular weight excluding hydrogens is 446 g/mol. The number of nitrogens with one attached hydrogen (secondary N) is 1. The second kappa shape index (κ2) is 9.79.